The Morgan fingerprint density at radius 2 is 1.83 bits per heavy atom. The Labute approximate surface area is 176 Å². The molecule has 0 spiro atoms. The van der Waals surface area contributed by atoms with Crippen molar-refractivity contribution in [3.8, 4) is 0 Å². The molecule has 6 nitrogen and oxygen atoms in total. The summed E-state index contributed by atoms with van der Waals surface area (Å²) >= 11 is 4.97. The van der Waals surface area contributed by atoms with E-state index in [9.17, 15) is 13.2 Å². The number of alkyl halides is 3. The van der Waals surface area contributed by atoms with E-state index in [1.54, 1.807) is 23.0 Å². The molecular formula is C20H17F3N6S. The van der Waals surface area contributed by atoms with E-state index in [2.05, 4.69) is 26.2 Å². The van der Waals surface area contributed by atoms with Crippen molar-refractivity contribution in [2.75, 3.05) is 5.32 Å². The van der Waals surface area contributed by atoms with Crippen LogP contribution in [-0.4, -0.2) is 26.3 Å². The molecule has 10 heteroatoms. The molecule has 0 saturated heterocycles. The summed E-state index contributed by atoms with van der Waals surface area (Å²) in [6.45, 7) is 0.608. The van der Waals surface area contributed by atoms with E-state index in [4.69, 9.17) is 12.2 Å². The minimum absolute atomic E-state index is 0.0647. The standard InChI is InChI=1S/C20H17F3N6S/c21-20(22,23)17-10-4-5-11-18(17)25-19(30)27-24-12-6-9-16-14-29(28-26-16)13-15-7-2-1-3-8-15/h1-12,14H,13H2,(H2,25,27,30)/b9-6+,24-12+. The van der Waals surface area contributed by atoms with E-state index in [0.29, 0.717) is 12.2 Å². The van der Waals surface area contributed by atoms with E-state index >= 15 is 0 Å². The fourth-order valence-corrected chi connectivity index (χ4v) is 2.67. The van der Waals surface area contributed by atoms with Gasteiger partial charge in [0.15, 0.2) is 5.11 Å². The van der Waals surface area contributed by atoms with E-state index in [1.807, 2.05) is 30.3 Å². The molecule has 154 valence electrons. The second-order valence-electron chi connectivity index (χ2n) is 6.07. The molecule has 3 aromatic rings. The molecule has 30 heavy (non-hydrogen) atoms. The van der Waals surface area contributed by atoms with Crippen LogP contribution in [-0.2, 0) is 12.7 Å². The highest BCUT2D eigenvalue weighted by atomic mass is 32.1. The number of anilines is 1. The number of halogens is 3. The lowest BCUT2D eigenvalue weighted by Gasteiger charge is -2.14. The number of thiocarbonyl (C=S) groups is 1. The van der Waals surface area contributed by atoms with Crippen molar-refractivity contribution in [3.05, 3.63) is 83.7 Å². The average Bonchev–Trinajstić information content (AvgIpc) is 3.15. The molecule has 0 fully saturated rings. The number of para-hydroxylation sites is 1. The number of aromatic nitrogens is 3. The molecular weight excluding hydrogens is 413 g/mol. The first-order chi connectivity index (χ1) is 14.4. The van der Waals surface area contributed by atoms with Gasteiger partial charge < -0.3 is 5.32 Å². The zero-order chi connectivity index (χ0) is 21.4. The Bertz CT molecular complexity index is 1040. The van der Waals surface area contributed by atoms with Crippen LogP contribution in [0.25, 0.3) is 6.08 Å². The first-order valence-corrected chi connectivity index (χ1v) is 9.19. The number of hydrogen-bond acceptors (Lipinski definition) is 4. The summed E-state index contributed by atoms with van der Waals surface area (Å²) in [6, 6.07) is 14.9. The normalized spacial score (nSPS) is 11.8. The maximum Gasteiger partial charge on any atom is 0.418 e. The molecule has 0 saturated carbocycles. The lowest BCUT2D eigenvalue weighted by atomic mass is 10.2. The molecule has 0 atom stereocenters. The molecule has 2 N–H and O–H groups in total. The lowest BCUT2D eigenvalue weighted by molar-refractivity contribution is -0.136. The van der Waals surface area contributed by atoms with Crippen LogP contribution in [0.15, 0.2) is 72.0 Å². The van der Waals surface area contributed by atoms with Crippen LogP contribution in [0.1, 0.15) is 16.8 Å². The Morgan fingerprint density at radius 1 is 1.10 bits per heavy atom. The minimum Gasteiger partial charge on any atom is -0.331 e. The summed E-state index contributed by atoms with van der Waals surface area (Å²) in [4.78, 5) is 0. The third-order valence-corrected chi connectivity index (χ3v) is 4.01. The smallest absolute Gasteiger partial charge is 0.331 e. The summed E-state index contributed by atoms with van der Waals surface area (Å²) in [6.07, 6.45) is 2.00. The third kappa shape index (κ3) is 6.24. The fourth-order valence-electron chi connectivity index (χ4n) is 2.51. The average molecular weight is 430 g/mol. The molecule has 1 aromatic heterocycles. The van der Waals surface area contributed by atoms with E-state index in [0.717, 1.165) is 11.6 Å². The Hall–Kier alpha value is -3.53. The molecule has 0 radical (unpaired) electrons. The van der Waals surface area contributed by atoms with Gasteiger partial charge in [-0.1, -0.05) is 47.7 Å². The summed E-state index contributed by atoms with van der Waals surface area (Å²) in [5, 5.41) is 14.4. The van der Waals surface area contributed by atoms with Gasteiger partial charge in [-0.2, -0.15) is 18.3 Å². The van der Waals surface area contributed by atoms with E-state index in [1.165, 1.54) is 24.4 Å². The molecule has 0 aliphatic carbocycles. The predicted molar refractivity (Wildman–Crippen MR) is 114 cm³/mol. The molecule has 1 heterocycles. The summed E-state index contributed by atoms with van der Waals surface area (Å²) < 4.78 is 40.7. The van der Waals surface area contributed by atoms with E-state index < -0.39 is 11.7 Å². The van der Waals surface area contributed by atoms with Gasteiger partial charge in [-0.25, -0.2) is 4.68 Å². The zero-order valence-corrected chi connectivity index (χ0v) is 16.4. The monoisotopic (exact) mass is 430 g/mol. The van der Waals surface area contributed by atoms with Gasteiger partial charge in [0, 0.05) is 6.21 Å². The maximum absolute atomic E-state index is 13.0. The lowest BCUT2D eigenvalue weighted by Crippen LogP contribution is -2.25. The van der Waals surface area contributed by atoms with Crippen LogP contribution in [0, 0.1) is 0 Å². The Balaban J connectivity index is 1.50. The Morgan fingerprint density at radius 3 is 2.60 bits per heavy atom. The van der Waals surface area contributed by atoms with Crippen molar-refractivity contribution in [1.29, 1.82) is 0 Å². The number of hydrazone groups is 1. The van der Waals surface area contributed by atoms with Crippen LogP contribution in [0.3, 0.4) is 0 Å². The molecule has 3 rings (SSSR count). The SMILES string of the molecule is FC(F)(F)c1ccccc1NC(=S)N/N=C/C=C/c1cn(Cc2ccccc2)nn1. The van der Waals surface area contributed by atoms with Crippen molar-refractivity contribution in [2.45, 2.75) is 12.7 Å². The van der Waals surface area contributed by atoms with Crippen molar-refractivity contribution in [2.24, 2.45) is 5.10 Å². The highest BCUT2D eigenvalue weighted by molar-refractivity contribution is 7.80. The second-order valence-corrected chi connectivity index (χ2v) is 6.48. The molecule has 2 aromatic carbocycles. The highest BCUT2D eigenvalue weighted by Crippen LogP contribution is 2.34. The molecule has 0 aliphatic heterocycles. The van der Waals surface area contributed by atoms with Crippen LogP contribution in [0.2, 0.25) is 0 Å². The van der Waals surface area contributed by atoms with Crippen LogP contribution in [0.4, 0.5) is 18.9 Å². The van der Waals surface area contributed by atoms with Gasteiger partial charge in [0.25, 0.3) is 0 Å². The fraction of sp³-hybridized carbons (Fsp3) is 0.100. The predicted octanol–water partition coefficient (Wildman–Crippen LogP) is 4.33. The van der Waals surface area contributed by atoms with Crippen molar-refractivity contribution < 1.29 is 13.2 Å². The first-order valence-electron chi connectivity index (χ1n) is 8.79. The third-order valence-electron chi connectivity index (χ3n) is 3.82. The van der Waals surface area contributed by atoms with Gasteiger partial charge in [0.05, 0.1) is 24.0 Å². The summed E-state index contributed by atoms with van der Waals surface area (Å²) in [5.41, 5.74) is 3.25. The number of benzene rings is 2. The second kappa shape index (κ2) is 9.79. The minimum atomic E-state index is -4.48. The van der Waals surface area contributed by atoms with Gasteiger partial charge in [0.1, 0.15) is 5.69 Å². The zero-order valence-electron chi connectivity index (χ0n) is 15.5. The summed E-state index contributed by atoms with van der Waals surface area (Å²) in [7, 11) is 0. The highest BCUT2D eigenvalue weighted by Gasteiger charge is 2.33. The van der Waals surface area contributed by atoms with Crippen LogP contribution >= 0.6 is 12.2 Å². The number of hydrogen-bond donors (Lipinski definition) is 2. The van der Waals surface area contributed by atoms with Gasteiger partial charge in [-0.15, -0.1) is 5.10 Å². The summed E-state index contributed by atoms with van der Waals surface area (Å²) in [5.74, 6) is 0. The quantitative estimate of drug-likeness (QED) is 0.346. The maximum atomic E-state index is 13.0. The largest absolute Gasteiger partial charge is 0.418 e. The van der Waals surface area contributed by atoms with Crippen molar-refractivity contribution >= 4 is 35.3 Å². The molecule has 0 aliphatic rings. The van der Waals surface area contributed by atoms with E-state index in [-0.39, 0.29) is 10.8 Å². The Kier molecular flexibility index (Phi) is 6.91. The number of allylic oxidation sites excluding steroid dienone is 1. The topological polar surface area (TPSA) is 67.1 Å². The van der Waals surface area contributed by atoms with Gasteiger partial charge in [-0.05, 0) is 42.1 Å². The van der Waals surface area contributed by atoms with Gasteiger partial charge >= 0.3 is 6.18 Å². The number of nitrogens with one attached hydrogen (secondary N) is 2. The van der Waals surface area contributed by atoms with Crippen molar-refractivity contribution in [3.63, 3.8) is 0 Å². The van der Waals surface area contributed by atoms with Gasteiger partial charge in [-0.3, -0.25) is 5.43 Å². The molecule has 0 unspecified atom stereocenters. The van der Waals surface area contributed by atoms with Crippen molar-refractivity contribution in [1.82, 2.24) is 20.4 Å². The first kappa shape index (κ1) is 21.2. The molecule has 0 amide bonds. The van der Waals surface area contributed by atoms with Crippen LogP contribution in [0.5, 0.6) is 0 Å². The van der Waals surface area contributed by atoms with Crippen LogP contribution < -0.4 is 10.7 Å². The number of nitrogens with zero attached hydrogens (tertiary/aromatic N) is 4. The molecule has 0 bridgehead atoms. The van der Waals surface area contributed by atoms with Gasteiger partial charge in [0.2, 0.25) is 0 Å². The number of rotatable bonds is 6.